The first-order chi connectivity index (χ1) is 7.68. The molecule has 1 aromatic rings. The van der Waals surface area contributed by atoms with Gasteiger partial charge in [-0.25, -0.2) is 4.98 Å². The molecule has 2 rings (SSSR count). The second-order valence-corrected chi connectivity index (χ2v) is 3.90. The number of nitro groups is 1. The van der Waals surface area contributed by atoms with Crippen molar-refractivity contribution in [2.45, 2.75) is 13.0 Å². The minimum atomic E-state index is -0.380. The van der Waals surface area contributed by atoms with Crippen LogP contribution in [0.4, 0.5) is 11.5 Å². The number of piperazine rings is 1. The lowest BCUT2D eigenvalue weighted by Gasteiger charge is -2.32. The quantitative estimate of drug-likeness (QED) is 0.591. The van der Waals surface area contributed by atoms with E-state index < -0.39 is 0 Å². The molecular weight excluding hydrogens is 208 g/mol. The van der Waals surface area contributed by atoms with Crippen molar-refractivity contribution in [3.63, 3.8) is 0 Å². The van der Waals surface area contributed by atoms with Gasteiger partial charge in [0.2, 0.25) is 5.82 Å². The topological polar surface area (TPSA) is 71.3 Å². The van der Waals surface area contributed by atoms with Crippen molar-refractivity contribution < 1.29 is 4.92 Å². The van der Waals surface area contributed by atoms with Crippen LogP contribution >= 0.6 is 0 Å². The van der Waals surface area contributed by atoms with Gasteiger partial charge in [0.15, 0.2) is 0 Å². The minimum Gasteiger partial charge on any atom is -0.348 e. The number of hydrogen-bond acceptors (Lipinski definition) is 5. The number of pyridine rings is 1. The van der Waals surface area contributed by atoms with Crippen LogP contribution in [0.25, 0.3) is 0 Å². The first-order valence-corrected chi connectivity index (χ1v) is 5.26. The van der Waals surface area contributed by atoms with E-state index in [1.54, 1.807) is 12.3 Å². The molecule has 0 amide bonds. The molecule has 0 radical (unpaired) electrons. The van der Waals surface area contributed by atoms with E-state index >= 15 is 0 Å². The van der Waals surface area contributed by atoms with E-state index in [2.05, 4.69) is 17.2 Å². The van der Waals surface area contributed by atoms with Crippen molar-refractivity contribution in [3.8, 4) is 0 Å². The smallest absolute Gasteiger partial charge is 0.311 e. The predicted octanol–water partition coefficient (Wildman–Crippen LogP) is 0.788. The molecule has 1 saturated heterocycles. The van der Waals surface area contributed by atoms with E-state index in [4.69, 9.17) is 0 Å². The van der Waals surface area contributed by atoms with Gasteiger partial charge in [-0.2, -0.15) is 0 Å². The molecule has 1 aliphatic rings. The molecule has 0 aromatic carbocycles. The molecule has 0 bridgehead atoms. The van der Waals surface area contributed by atoms with Gasteiger partial charge in [-0.3, -0.25) is 10.1 Å². The van der Waals surface area contributed by atoms with Crippen molar-refractivity contribution in [2.75, 3.05) is 24.5 Å². The van der Waals surface area contributed by atoms with Gasteiger partial charge in [0, 0.05) is 37.9 Å². The summed E-state index contributed by atoms with van der Waals surface area (Å²) in [6.45, 7) is 4.38. The fourth-order valence-corrected chi connectivity index (χ4v) is 1.90. The Morgan fingerprint density at radius 1 is 1.69 bits per heavy atom. The summed E-state index contributed by atoms with van der Waals surface area (Å²) in [6.07, 6.45) is 1.59. The van der Waals surface area contributed by atoms with Gasteiger partial charge in [-0.05, 0) is 13.0 Å². The SMILES string of the molecule is CC1CN(c2ncccc2[N+](=O)[O-])CCN1. The summed E-state index contributed by atoms with van der Waals surface area (Å²) < 4.78 is 0. The summed E-state index contributed by atoms with van der Waals surface area (Å²) in [5, 5.41) is 14.2. The molecule has 6 nitrogen and oxygen atoms in total. The zero-order valence-electron chi connectivity index (χ0n) is 9.09. The van der Waals surface area contributed by atoms with Crippen LogP contribution in [0.15, 0.2) is 18.3 Å². The number of hydrogen-bond donors (Lipinski definition) is 1. The molecule has 1 aliphatic heterocycles. The van der Waals surface area contributed by atoms with Crippen molar-refractivity contribution in [1.29, 1.82) is 0 Å². The zero-order chi connectivity index (χ0) is 11.5. The summed E-state index contributed by atoms with van der Waals surface area (Å²) >= 11 is 0. The van der Waals surface area contributed by atoms with Gasteiger partial charge < -0.3 is 10.2 Å². The van der Waals surface area contributed by atoms with Crippen LogP contribution in [0.5, 0.6) is 0 Å². The van der Waals surface area contributed by atoms with E-state index in [1.807, 2.05) is 4.90 Å². The Kier molecular flexibility index (Phi) is 3.00. The summed E-state index contributed by atoms with van der Waals surface area (Å²) in [6, 6.07) is 3.41. The van der Waals surface area contributed by atoms with Crippen LogP contribution in [0, 0.1) is 10.1 Å². The van der Waals surface area contributed by atoms with Gasteiger partial charge in [-0.1, -0.05) is 0 Å². The molecule has 0 spiro atoms. The highest BCUT2D eigenvalue weighted by atomic mass is 16.6. The lowest BCUT2D eigenvalue weighted by atomic mass is 10.2. The molecule has 1 fully saturated rings. The van der Waals surface area contributed by atoms with Crippen molar-refractivity contribution in [2.24, 2.45) is 0 Å². The molecule has 16 heavy (non-hydrogen) atoms. The third-order valence-corrected chi connectivity index (χ3v) is 2.63. The highest BCUT2D eigenvalue weighted by molar-refractivity contribution is 5.57. The third kappa shape index (κ3) is 2.11. The monoisotopic (exact) mass is 222 g/mol. The number of nitrogens with zero attached hydrogens (tertiary/aromatic N) is 3. The van der Waals surface area contributed by atoms with Gasteiger partial charge >= 0.3 is 5.69 Å². The van der Waals surface area contributed by atoms with Crippen LogP contribution < -0.4 is 10.2 Å². The largest absolute Gasteiger partial charge is 0.348 e. The Bertz CT molecular complexity index is 396. The lowest BCUT2D eigenvalue weighted by molar-refractivity contribution is -0.384. The van der Waals surface area contributed by atoms with Crippen LogP contribution in [0.3, 0.4) is 0 Å². The Morgan fingerprint density at radius 2 is 2.50 bits per heavy atom. The lowest BCUT2D eigenvalue weighted by Crippen LogP contribution is -2.49. The average molecular weight is 222 g/mol. The minimum absolute atomic E-state index is 0.0802. The fourth-order valence-electron chi connectivity index (χ4n) is 1.90. The van der Waals surface area contributed by atoms with Crippen LogP contribution in [-0.2, 0) is 0 Å². The predicted molar refractivity (Wildman–Crippen MR) is 60.6 cm³/mol. The van der Waals surface area contributed by atoms with Gasteiger partial charge in [-0.15, -0.1) is 0 Å². The van der Waals surface area contributed by atoms with Gasteiger partial charge in [0.05, 0.1) is 4.92 Å². The Morgan fingerprint density at radius 3 is 3.19 bits per heavy atom. The number of aromatic nitrogens is 1. The van der Waals surface area contributed by atoms with Crippen LogP contribution in [-0.4, -0.2) is 35.6 Å². The fraction of sp³-hybridized carbons (Fsp3) is 0.500. The van der Waals surface area contributed by atoms with E-state index in [0.717, 1.165) is 19.6 Å². The van der Waals surface area contributed by atoms with Crippen LogP contribution in [0.1, 0.15) is 6.92 Å². The Balaban J connectivity index is 2.28. The van der Waals surface area contributed by atoms with Gasteiger partial charge in [0.1, 0.15) is 0 Å². The zero-order valence-corrected chi connectivity index (χ0v) is 9.09. The molecular formula is C10H14N4O2. The molecule has 0 saturated carbocycles. The summed E-state index contributed by atoms with van der Waals surface area (Å²) in [5.41, 5.74) is 0.0802. The summed E-state index contributed by atoms with van der Waals surface area (Å²) in [4.78, 5) is 16.6. The molecule has 1 atom stereocenters. The Hall–Kier alpha value is -1.69. The van der Waals surface area contributed by atoms with Crippen molar-refractivity contribution >= 4 is 11.5 Å². The average Bonchev–Trinajstić information content (AvgIpc) is 2.29. The highest BCUT2D eigenvalue weighted by Crippen LogP contribution is 2.25. The normalized spacial score (nSPS) is 20.8. The first-order valence-electron chi connectivity index (χ1n) is 5.26. The maximum Gasteiger partial charge on any atom is 0.311 e. The van der Waals surface area contributed by atoms with Crippen LogP contribution in [0.2, 0.25) is 0 Å². The van der Waals surface area contributed by atoms with E-state index in [0.29, 0.717) is 11.9 Å². The molecule has 1 unspecified atom stereocenters. The highest BCUT2D eigenvalue weighted by Gasteiger charge is 2.24. The second-order valence-electron chi connectivity index (χ2n) is 3.90. The maximum absolute atomic E-state index is 10.9. The van der Waals surface area contributed by atoms with E-state index in [-0.39, 0.29) is 10.6 Å². The van der Waals surface area contributed by atoms with Gasteiger partial charge in [0.25, 0.3) is 0 Å². The summed E-state index contributed by atoms with van der Waals surface area (Å²) in [5.74, 6) is 0.473. The number of nitrogens with one attached hydrogen (secondary N) is 1. The standard InChI is InChI=1S/C10H14N4O2/c1-8-7-13(6-5-11-8)10-9(14(15)16)3-2-4-12-10/h2-4,8,11H,5-7H2,1H3. The number of rotatable bonds is 2. The van der Waals surface area contributed by atoms with Crippen molar-refractivity contribution in [1.82, 2.24) is 10.3 Å². The molecule has 6 heteroatoms. The molecule has 0 aliphatic carbocycles. The summed E-state index contributed by atoms with van der Waals surface area (Å²) in [7, 11) is 0. The molecule has 1 N–H and O–H groups in total. The molecule has 2 heterocycles. The Labute approximate surface area is 93.4 Å². The van der Waals surface area contributed by atoms with E-state index in [9.17, 15) is 10.1 Å². The molecule has 86 valence electrons. The first kappa shape index (κ1) is 10.8. The van der Waals surface area contributed by atoms with E-state index in [1.165, 1.54) is 6.07 Å². The molecule has 1 aromatic heterocycles. The maximum atomic E-state index is 10.9. The number of anilines is 1. The second kappa shape index (κ2) is 4.44. The third-order valence-electron chi connectivity index (χ3n) is 2.63. The van der Waals surface area contributed by atoms with Crippen molar-refractivity contribution in [3.05, 3.63) is 28.4 Å².